The predicted octanol–water partition coefficient (Wildman–Crippen LogP) is 5.70. The van der Waals surface area contributed by atoms with Gasteiger partial charge in [0, 0.05) is 0 Å². The Bertz CT molecular complexity index is 1020. The molecule has 3 rings (SSSR count). The number of aryl methyl sites for hydroxylation is 1. The first kappa shape index (κ1) is 22.9. The van der Waals surface area contributed by atoms with Gasteiger partial charge in [-0.2, -0.15) is 0 Å². The Balaban J connectivity index is 1.50. The second-order valence-electron chi connectivity index (χ2n) is 7.58. The van der Waals surface area contributed by atoms with Crippen LogP contribution in [0.25, 0.3) is 0 Å². The van der Waals surface area contributed by atoms with Crippen LogP contribution >= 0.6 is 0 Å². The van der Waals surface area contributed by atoms with Gasteiger partial charge in [0.15, 0.2) is 0 Å². The highest BCUT2D eigenvalue weighted by atomic mass is 16.5. The maximum Gasteiger partial charge on any atom is 0.243 e. The minimum Gasteiger partial charge on any atom is -0.491 e. The van der Waals surface area contributed by atoms with E-state index in [1.807, 2.05) is 73.7 Å². The van der Waals surface area contributed by atoms with E-state index in [-0.39, 0.29) is 12.5 Å². The summed E-state index contributed by atoms with van der Waals surface area (Å²) in [6.45, 7) is 6.87. The maximum atomic E-state index is 12.5. The minimum absolute atomic E-state index is 0.107. The lowest BCUT2D eigenvalue weighted by atomic mass is 10.1. The van der Waals surface area contributed by atoms with E-state index in [4.69, 9.17) is 9.47 Å². The van der Waals surface area contributed by atoms with Crippen LogP contribution in [0, 0.1) is 0 Å². The highest BCUT2D eigenvalue weighted by Gasteiger charge is 2.09. The molecular formula is C27H30N2O3. The van der Waals surface area contributed by atoms with Crippen molar-refractivity contribution >= 4 is 17.3 Å². The first-order valence-electron chi connectivity index (χ1n) is 10.8. The minimum atomic E-state index is -0.167. The SMILES string of the molecule is C=C(C)COc1ccccc1NCC(=O)Nc1ccccc1OCCCc1ccccc1. The Hall–Kier alpha value is -3.73. The molecule has 0 unspecified atom stereocenters. The molecule has 3 aromatic rings. The number of carbonyl (C=O) groups is 1. The van der Waals surface area contributed by atoms with Gasteiger partial charge < -0.3 is 20.1 Å². The molecule has 32 heavy (non-hydrogen) atoms. The summed E-state index contributed by atoms with van der Waals surface area (Å²) in [6.07, 6.45) is 1.85. The van der Waals surface area contributed by atoms with E-state index >= 15 is 0 Å². The molecule has 0 aliphatic rings. The number of amides is 1. The molecule has 0 fully saturated rings. The van der Waals surface area contributed by atoms with E-state index < -0.39 is 0 Å². The lowest BCUT2D eigenvalue weighted by Gasteiger charge is -2.15. The van der Waals surface area contributed by atoms with Crippen LogP contribution in [-0.2, 0) is 11.2 Å². The van der Waals surface area contributed by atoms with E-state index in [1.165, 1.54) is 5.56 Å². The molecule has 0 atom stereocenters. The third-order valence-corrected chi connectivity index (χ3v) is 4.67. The molecular weight excluding hydrogens is 400 g/mol. The summed E-state index contributed by atoms with van der Waals surface area (Å²) in [6, 6.07) is 25.3. The number of rotatable bonds is 12. The third kappa shape index (κ3) is 7.51. The van der Waals surface area contributed by atoms with Gasteiger partial charge >= 0.3 is 0 Å². The Kier molecular flexibility index (Phi) is 8.75. The predicted molar refractivity (Wildman–Crippen MR) is 131 cm³/mol. The summed E-state index contributed by atoms with van der Waals surface area (Å²) in [5, 5.41) is 6.07. The van der Waals surface area contributed by atoms with Crippen molar-refractivity contribution in [2.24, 2.45) is 0 Å². The molecule has 0 radical (unpaired) electrons. The monoisotopic (exact) mass is 430 g/mol. The fourth-order valence-corrected chi connectivity index (χ4v) is 3.11. The lowest BCUT2D eigenvalue weighted by molar-refractivity contribution is -0.114. The van der Waals surface area contributed by atoms with Crippen molar-refractivity contribution in [3.63, 3.8) is 0 Å². The van der Waals surface area contributed by atoms with E-state index in [0.29, 0.717) is 30.4 Å². The molecule has 5 heteroatoms. The normalized spacial score (nSPS) is 10.3. The maximum absolute atomic E-state index is 12.5. The van der Waals surface area contributed by atoms with Crippen LogP contribution in [0.5, 0.6) is 11.5 Å². The standard InChI is InChI=1S/C27H30N2O3/c1-21(2)20-32-25-16-8-6-14-23(25)28-19-27(30)29-24-15-7-9-17-26(24)31-18-10-13-22-11-4-3-5-12-22/h3-9,11-12,14-17,28H,1,10,13,18-20H2,2H3,(H,29,30). The number of ether oxygens (including phenoxy) is 2. The zero-order valence-corrected chi connectivity index (χ0v) is 18.5. The van der Waals surface area contributed by atoms with Gasteiger partial charge in [-0.15, -0.1) is 0 Å². The molecule has 5 nitrogen and oxygen atoms in total. The van der Waals surface area contributed by atoms with Crippen LogP contribution in [0.2, 0.25) is 0 Å². The average molecular weight is 431 g/mol. The van der Waals surface area contributed by atoms with Gasteiger partial charge in [0.1, 0.15) is 18.1 Å². The Morgan fingerprint density at radius 1 is 0.844 bits per heavy atom. The quantitative estimate of drug-likeness (QED) is 0.286. The third-order valence-electron chi connectivity index (χ3n) is 4.67. The summed E-state index contributed by atoms with van der Waals surface area (Å²) in [5.74, 6) is 1.18. The van der Waals surface area contributed by atoms with Crippen molar-refractivity contribution in [1.29, 1.82) is 0 Å². The highest BCUT2D eigenvalue weighted by molar-refractivity contribution is 5.95. The van der Waals surface area contributed by atoms with Crippen molar-refractivity contribution in [2.75, 3.05) is 30.4 Å². The second kappa shape index (κ2) is 12.2. The molecule has 166 valence electrons. The first-order valence-corrected chi connectivity index (χ1v) is 10.8. The second-order valence-corrected chi connectivity index (χ2v) is 7.58. The number of para-hydroxylation sites is 4. The van der Waals surface area contributed by atoms with Crippen LogP contribution in [0.15, 0.2) is 91.0 Å². The van der Waals surface area contributed by atoms with Gasteiger partial charge in [-0.05, 0) is 55.2 Å². The number of hydrogen-bond donors (Lipinski definition) is 2. The molecule has 3 aromatic carbocycles. The van der Waals surface area contributed by atoms with Crippen LogP contribution in [-0.4, -0.2) is 25.7 Å². The van der Waals surface area contributed by atoms with Crippen molar-refractivity contribution < 1.29 is 14.3 Å². The molecule has 0 aliphatic carbocycles. The molecule has 0 aliphatic heterocycles. The number of anilines is 2. The topological polar surface area (TPSA) is 59.6 Å². The summed E-state index contributed by atoms with van der Waals surface area (Å²) in [5.41, 5.74) is 3.63. The smallest absolute Gasteiger partial charge is 0.243 e. The van der Waals surface area contributed by atoms with Crippen LogP contribution in [0.1, 0.15) is 18.9 Å². The molecule has 0 saturated heterocycles. The molecule has 2 N–H and O–H groups in total. The summed E-state index contributed by atoms with van der Waals surface area (Å²) >= 11 is 0. The van der Waals surface area contributed by atoms with Gasteiger partial charge in [-0.1, -0.05) is 61.2 Å². The van der Waals surface area contributed by atoms with Crippen molar-refractivity contribution in [3.05, 3.63) is 96.6 Å². The number of nitrogens with one attached hydrogen (secondary N) is 2. The van der Waals surface area contributed by atoms with Crippen LogP contribution in [0.3, 0.4) is 0 Å². The van der Waals surface area contributed by atoms with Crippen molar-refractivity contribution in [2.45, 2.75) is 19.8 Å². The van der Waals surface area contributed by atoms with Gasteiger partial charge in [0.25, 0.3) is 0 Å². The summed E-state index contributed by atoms with van der Waals surface area (Å²) in [4.78, 5) is 12.5. The van der Waals surface area contributed by atoms with Gasteiger partial charge in [-0.25, -0.2) is 0 Å². The van der Waals surface area contributed by atoms with Gasteiger partial charge in [0.05, 0.1) is 24.5 Å². The average Bonchev–Trinajstić information content (AvgIpc) is 2.81. The number of hydrogen-bond acceptors (Lipinski definition) is 4. The first-order chi connectivity index (χ1) is 15.6. The lowest BCUT2D eigenvalue weighted by Crippen LogP contribution is -2.22. The van der Waals surface area contributed by atoms with E-state index in [9.17, 15) is 4.79 Å². The number of carbonyl (C=O) groups excluding carboxylic acids is 1. The highest BCUT2D eigenvalue weighted by Crippen LogP contribution is 2.25. The zero-order valence-electron chi connectivity index (χ0n) is 18.5. The summed E-state index contributed by atoms with van der Waals surface area (Å²) < 4.78 is 11.7. The summed E-state index contributed by atoms with van der Waals surface area (Å²) in [7, 11) is 0. The Labute approximate surface area is 190 Å². The number of benzene rings is 3. The van der Waals surface area contributed by atoms with E-state index in [1.54, 1.807) is 0 Å². The zero-order chi connectivity index (χ0) is 22.6. The molecule has 0 bridgehead atoms. The van der Waals surface area contributed by atoms with E-state index in [0.717, 1.165) is 24.1 Å². The van der Waals surface area contributed by atoms with Crippen LogP contribution < -0.4 is 20.1 Å². The largest absolute Gasteiger partial charge is 0.491 e. The molecule has 0 aromatic heterocycles. The van der Waals surface area contributed by atoms with Crippen molar-refractivity contribution in [1.82, 2.24) is 0 Å². The van der Waals surface area contributed by atoms with Crippen molar-refractivity contribution in [3.8, 4) is 11.5 Å². The molecule has 1 amide bonds. The Morgan fingerprint density at radius 2 is 1.47 bits per heavy atom. The molecule has 0 saturated carbocycles. The van der Waals surface area contributed by atoms with Gasteiger partial charge in [-0.3, -0.25) is 4.79 Å². The Morgan fingerprint density at radius 3 is 2.19 bits per heavy atom. The molecule has 0 spiro atoms. The van der Waals surface area contributed by atoms with E-state index in [2.05, 4.69) is 29.3 Å². The van der Waals surface area contributed by atoms with Crippen LogP contribution in [0.4, 0.5) is 11.4 Å². The fourth-order valence-electron chi connectivity index (χ4n) is 3.11. The fraction of sp³-hybridized carbons (Fsp3) is 0.222. The molecule has 0 heterocycles. The van der Waals surface area contributed by atoms with Gasteiger partial charge in [0.2, 0.25) is 5.91 Å².